The van der Waals surface area contributed by atoms with Gasteiger partial charge >= 0.3 is 17.1 Å². The SMILES string of the molecule is CN(C)/C=C/c1cc(F)c([N+](=O)[O-])cc1[N+](=O)[O-].COC(OC)N(C)C.Cc1cc(F)c([N+](=O)[O-])cc1[N+](=O)[O-].Cc1cc(F)c([N+](=O)[O-])cc1[N+](=O)[O-].Cc1cccc(F)c1.Cc1cccc(F)c1.Nc1cc2c(cc1F)C=CC2. The van der Waals surface area contributed by atoms with Crippen molar-refractivity contribution in [3.8, 4) is 0 Å². The maximum absolute atomic E-state index is 13.4. The van der Waals surface area contributed by atoms with Crippen LogP contribution in [-0.2, 0) is 15.9 Å². The molecule has 0 aromatic heterocycles. The largest absolute Gasteiger partial charge is 0.396 e. The fourth-order valence-corrected chi connectivity index (χ4v) is 6.23. The Kier molecular flexibility index (Phi) is 28.7. The first kappa shape index (κ1) is 69.3. The number of nitrogens with zero attached hydrogens (tertiary/aromatic N) is 8. The Labute approximate surface area is 458 Å². The van der Waals surface area contributed by atoms with Crippen molar-refractivity contribution in [3.05, 3.63) is 244 Å². The molecule has 0 fully saturated rings. The van der Waals surface area contributed by atoms with E-state index in [1.54, 1.807) is 51.4 Å². The second kappa shape index (κ2) is 33.5. The third-order valence-corrected chi connectivity index (χ3v) is 10.0. The first-order chi connectivity index (χ1) is 37.8. The number of benzene rings is 6. The van der Waals surface area contributed by atoms with E-state index in [0.717, 1.165) is 46.9 Å². The maximum atomic E-state index is 13.4. The van der Waals surface area contributed by atoms with Crippen LogP contribution < -0.4 is 5.73 Å². The van der Waals surface area contributed by atoms with Crippen molar-refractivity contribution in [1.29, 1.82) is 0 Å². The number of methoxy groups -OCH3 is 2. The number of nitro benzene ring substituents is 6. The van der Waals surface area contributed by atoms with Crippen LogP contribution in [0.3, 0.4) is 0 Å². The van der Waals surface area contributed by atoms with Gasteiger partial charge in [0.2, 0.25) is 23.9 Å². The molecule has 6 aromatic carbocycles. The number of rotatable bonds is 11. The highest BCUT2D eigenvalue weighted by molar-refractivity contribution is 5.65. The van der Waals surface area contributed by atoms with E-state index in [0.29, 0.717) is 18.2 Å². The number of aryl methyl sites for hydroxylation is 4. The number of nitrogen functional groups attached to an aromatic ring is 1. The number of fused-ring (bicyclic) bond motifs is 1. The minimum absolute atomic E-state index is 0.0307. The molecular weight excluding hydrogens is 1090 g/mol. The van der Waals surface area contributed by atoms with Crippen LogP contribution in [0.4, 0.5) is 66.2 Å². The molecule has 0 atom stereocenters. The fraction of sp³-hybridized carbons (Fsp3) is 0.231. The monoisotopic (exact) mass is 1140 g/mol. The summed E-state index contributed by atoms with van der Waals surface area (Å²) in [4.78, 5) is 60.6. The molecule has 6 aromatic rings. The van der Waals surface area contributed by atoms with E-state index in [1.165, 1.54) is 56.5 Å². The Morgan fingerprint density at radius 3 is 1.21 bits per heavy atom. The summed E-state index contributed by atoms with van der Waals surface area (Å²) in [6.07, 6.45) is 7.37. The van der Waals surface area contributed by atoms with Crippen molar-refractivity contribution in [1.82, 2.24) is 9.80 Å². The number of nitrogens with two attached hydrogens (primary N) is 1. The van der Waals surface area contributed by atoms with Crippen LogP contribution in [0.2, 0.25) is 0 Å². The van der Waals surface area contributed by atoms with Crippen LogP contribution in [0.15, 0.2) is 109 Å². The number of hydrogen-bond acceptors (Lipinski definition) is 17. The van der Waals surface area contributed by atoms with E-state index >= 15 is 0 Å². The summed E-state index contributed by atoms with van der Waals surface area (Å²) in [7, 11) is 10.4. The third-order valence-electron chi connectivity index (χ3n) is 10.0. The highest BCUT2D eigenvalue weighted by Crippen LogP contribution is 2.30. The Morgan fingerprint density at radius 1 is 0.519 bits per heavy atom. The molecule has 29 heteroatoms. The molecule has 81 heavy (non-hydrogen) atoms. The summed E-state index contributed by atoms with van der Waals surface area (Å²) in [5, 5.41) is 62.5. The number of nitro groups is 6. The lowest BCUT2D eigenvalue weighted by atomic mass is 10.1. The molecule has 2 N–H and O–H groups in total. The third kappa shape index (κ3) is 23.8. The molecule has 0 unspecified atom stereocenters. The number of allylic oxidation sites excluding steroid dienone is 1. The minimum atomic E-state index is -1.11. The average Bonchev–Trinajstić information content (AvgIpc) is 3.87. The molecule has 0 spiro atoms. The molecule has 0 bridgehead atoms. The fourth-order valence-electron chi connectivity index (χ4n) is 6.23. The number of halogens is 6. The first-order valence-electron chi connectivity index (χ1n) is 22.8. The van der Waals surface area contributed by atoms with Gasteiger partial charge in [-0.2, -0.15) is 13.2 Å². The molecule has 23 nitrogen and oxygen atoms in total. The summed E-state index contributed by atoms with van der Waals surface area (Å²) in [5.41, 5.74) is 5.59. The van der Waals surface area contributed by atoms with Gasteiger partial charge in [0.1, 0.15) is 17.5 Å². The summed E-state index contributed by atoms with van der Waals surface area (Å²) in [5.74, 6) is -3.90. The van der Waals surface area contributed by atoms with Gasteiger partial charge in [0, 0.05) is 39.4 Å². The van der Waals surface area contributed by atoms with E-state index in [2.05, 4.69) is 0 Å². The number of ether oxygens (including phenoxy) is 2. The van der Waals surface area contributed by atoms with E-state index in [-0.39, 0.29) is 46.2 Å². The van der Waals surface area contributed by atoms with Gasteiger partial charge in [-0.15, -0.1) is 0 Å². The van der Waals surface area contributed by atoms with Crippen molar-refractivity contribution in [2.75, 3.05) is 48.1 Å². The highest BCUT2D eigenvalue weighted by atomic mass is 19.1. The van der Waals surface area contributed by atoms with Crippen LogP contribution >= 0.6 is 0 Å². The van der Waals surface area contributed by atoms with E-state index in [9.17, 15) is 87.0 Å². The Bertz CT molecular complexity index is 3030. The van der Waals surface area contributed by atoms with Gasteiger partial charge < -0.3 is 20.1 Å². The molecule has 0 saturated carbocycles. The lowest BCUT2D eigenvalue weighted by Crippen LogP contribution is -2.30. The van der Waals surface area contributed by atoms with Crippen molar-refractivity contribution in [2.45, 2.75) is 40.5 Å². The molecule has 434 valence electrons. The Hall–Kier alpha value is -9.74. The summed E-state index contributed by atoms with van der Waals surface area (Å²) in [6.45, 7) is 6.35. The van der Waals surface area contributed by atoms with Crippen LogP contribution in [0.25, 0.3) is 12.2 Å². The smallest absolute Gasteiger partial charge is 0.311 e. The number of hydrogen-bond donors (Lipinski definition) is 1. The zero-order valence-electron chi connectivity index (χ0n) is 45.0. The maximum Gasteiger partial charge on any atom is 0.311 e. The van der Waals surface area contributed by atoms with Crippen molar-refractivity contribution < 1.29 is 65.4 Å². The molecule has 0 radical (unpaired) electrons. The van der Waals surface area contributed by atoms with Gasteiger partial charge in [0.15, 0.2) is 0 Å². The lowest BCUT2D eigenvalue weighted by molar-refractivity contribution is -0.396. The van der Waals surface area contributed by atoms with Gasteiger partial charge in [0.05, 0.1) is 59.0 Å². The van der Waals surface area contributed by atoms with Gasteiger partial charge in [0.25, 0.3) is 17.1 Å². The second-order valence-electron chi connectivity index (χ2n) is 16.9. The van der Waals surface area contributed by atoms with Crippen molar-refractivity contribution in [2.24, 2.45) is 0 Å². The molecule has 0 aliphatic heterocycles. The molecule has 7 rings (SSSR count). The molecular formula is C52H55F6N9O14. The zero-order chi connectivity index (χ0) is 62.0. The van der Waals surface area contributed by atoms with Crippen molar-refractivity contribution in [3.63, 3.8) is 0 Å². The molecule has 0 heterocycles. The van der Waals surface area contributed by atoms with Gasteiger partial charge in [-0.25, -0.2) is 13.2 Å². The molecule has 0 saturated heterocycles. The van der Waals surface area contributed by atoms with Crippen LogP contribution in [0.1, 0.15) is 38.9 Å². The van der Waals surface area contributed by atoms with Crippen LogP contribution in [-0.4, -0.2) is 88.2 Å². The Morgan fingerprint density at radius 2 is 0.901 bits per heavy atom. The topological polar surface area (TPSA) is 310 Å². The van der Waals surface area contributed by atoms with Crippen molar-refractivity contribution >= 4 is 52.0 Å². The lowest BCUT2D eigenvalue weighted by Gasteiger charge is -2.19. The van der Waals surface area contributed by atoms with Crippen LogP contribution in [0, 0.1) is 123 Å². The predicted molar refractivity (Wildman–Crippen MR) is 289 cm³/mol. The zero-order valence-corrected chi connectivity index (χ0v) is 45.0. The first-order valence-corrected chi connectivity index (χ1v) is 22.8. The molecule has 0 amide bonds. The molecule has 1 aliphatic carbocycles. The minimum Gasteiger partial charge on any atom is -0.396 e. The predicted octanol–water partition coefficient (Wildman–Crippen LogP) is 12.4. The summed E-state index contributed by atoms with van der Waals surface area (Å²) in [6, 6.07) is 20.4. The van der Waals surface area contributed by atoms with E-state index < -0.39 is 81.1 Å². The normalized spacial score (nSPS) is 10.5. The molecule has 1 aliphatic rings. The second-order valence-corrected chi connectivity index (χ2v) is 16.9. The van der Waals surface area contributed by atoms with Gasteiger partial charge in [-0.3, -0.25) is 65.6 Å². The summed E-state index contributed by atoms with van der Waals surface area (Å²) < 4.78 is 86.0. The van der Waals surface area contributed by atoms with E-state index in [1.807, 2.05) is 57.1 Å². The highest BCUT2D eigenvalue weighted by Gasteiger charge is 2.25. The average molecular weight is 1140 g/mol. The van der Waals surface area contributed by atoms with Gasteiger partial charge in [-0.05, 0) is 137 Å². The van der Waals surface area contributed by atoms with Gasteiger partial charge in [-0.1, -0.05) is 36.4 Å². The Balaban J connectivity index is 0.000000482. The standard InChI is InChI=1S/C10H10FN3O4.C9H8FN.2C7H5FN2O4.2C7H7F.C5H13NO2/c1-12(2)4-3-7-5-8(11)10(14(17)18)6-9(7)13(15)16;10-8-4-6-2-1-3-7(6)5-9(8)11;2*1-4-2-5(8)7(10(13)14)3-6(4)9(11)12;2*1-6-3-2-4-7(8)5-6;1-6(2)5(7-3)8-4/h3-6H,1-2H3;1-2,4-5H,3,11H2;2*2-3H,1H3;2*2-5H,1H3;5H,1-4H3/b4-3+;;;;;;. The summed E-state index contributed by atoms with van der Waals surface area (Å²) >= 11 is 0. The number of anilines is 1. The van der Waals surface area contributed by atoms with E-state index in [4.69, 9.17) is 15.2 Å². The quantitative estimate of drug-likeness (QED) is 0.0414. The van der Waals surface area contributed by atoms with Crippen LogP contribution in [0.5, 0.6) is 0 Å².